The molecule has 2 N–H and O–H groups in total. The van der Waals surface area contributed by atoms with Crippen molar-refractivity contribution in [2.24, 2.45) is 22.1 Å². The van der Waals surface area contributed by atoms with E-state index in [1.807, 2.05) is 0 Å². The Kier molecular flexibility index (Phi) is 3.76. The van der Waals surface area contributed by atoms with Crippen LogP contribution in [-0.4, -0.2) is 24.6 Å². The molecule has 0 amide bonds. The molecule has 0 bridgehead atoms. The Morgan fingerprint density at radius 1 is 1.35 bits per heavy atom. The normalized spacial score (nSPS) is 33.7. The lowest BCUT2D eigenvalue weighted by Gasteiger charge is -2.49. The second-order valence-corrected chi connectivity index (χ2v) is 6.05. The van der Waals surface area contributed by atoms with Gasteiger partial charge in [0.15, 0.2) is 0 Å². The predicted octanol–water partition coefficient (Wildman–Crippen LogP) is 2.74. The smallest absolute Gasteiger partial charge is 0.0972 e. The van der Waals surface area contributed by atoms with Crippen LogP contribution in [0.25, 0.3) is 0 Å². The van der Waals surface area contributed by atoms with Crippen molar-refractivity contribution in [1.82, 2.24) is 0 Å². The van der Waals surface area contributed by atoms with Gasteiger partial charge in [0.25, 0.3) is 0 Å². The number of ether oxygens (including phenoxy) is 1. The summed E-state index contributed by atoms with van der Waals surface area (Å²) in [5, 5.41) is 0. The third-order valence-corrected chi connectivity index (χ3v) is 4.57. The first-order chi connectivity index (χ1) is 8.05. The number of aliphatic imine (C=N–C) groups is 1. The highest BCUT2D eigenvalue weighted by molar-refractivity contribution is 5.83. The van der Waals surface area contributed by atoms with Gasteiger partial charge in [-0.1, -0.05) is 26.7 Å². The average molecular weight is 238 g/mol. The minimum absolute atomic E-state index is 0.152. The zero-order valence-corrected chi connectivity index (χ0v) is 11.4. The van der Waals surface area contributed by atoms with E-state index in [4.69, 9.17) is 15.5 Å². The van der Waals surface area contributed by atoms with E-state index in [0.717, 1.165) is 18.9 Å². The molecule has 2 unspecified atom stereocenters. The fourth-order valence-corrected chi connectivity index (χ4v) is 3.07. The molecular weight excluding hydrogens is 212 g/mol. The van der Waals surface area contributed by atoms with Crippen molar-refractivity contribution < 1.29 is 4.74 Å². The molecule has 2 aliphatic carbocycles. The van der Waals surface area contributed by atoms with E-state index < -0.39 is 0 Å². The first kappa shape index (κ1) is 12.9. The van der Waals surface area contributed by atoms with Crippen molar-refractivity contribution in [3.63, 3.8) is 0 Å². The Balaban J connectivity index is 1.94. The summed E-state index contributed by atoms with van der Waals surface area (Å²) in [6, 6.07) is 0.361. The third-order valence-electron chi connectivity index (χ3n) is 4.57. The van der Waals surface area contributed by atoms with Gasteiger partial charge in [-0.15, -0.1) is 0 Å². The summed E-state index contributed by atoms with van der Waals surface area (Å²) in [6.07, 6.45) is 6.49. The molecule has 98 valence electrons. The first-order valence-electron chi connectivity index (χ1n) is 7.00. The minimum atomic E-state index is 0.152. The molecule has 2 fully saturated rings. The Morgan fingerprint density at radius 2 is 2.00 bits per heavy atom. The second-order valence-electron chi connectivity index (χ2n) is 6.05. The standard InChI is InChI=1S/C14H26N2O/c1-4-17-12-9-11(14(12,2)3)16-13(15)10-7-5-6-8-10/h10-12H,4-9H2,1-3H3,(H2,15,16). The molecule has 3 nitrogen and oxygen atoms in total. The van der Waals surface area contributed by atoms with Gasteiger partial charge < -0.3 is 10.5 Å². The molecule has 0 aromatic carbocycles. The van der Waals surface area contributed by atoms with E-state index >= 15 is 0 Å². The molecule has 0 radical (unpaired) electrons. The number of hydrogen-bond donors (Lipinski definition) is 1. The van der Waals surface area contributed by atoms with Crippen molar-refractivity contribution >= 4 is 5.84 Å². The largest absolute Gasteiger partial charge is 0.387 e. The van der Waals surface area contributed by atoms with Gasteiger partial charge >= 0.3 is 0 Å². The Labute approximate surface area is 105 Å². The van der Waals surface area contributed by atoms with Crippen LogP contribution in [0.3, 0.4) is 0 Å². The van der Waals surface area contributed by atoms with E-state index in [2.05, 4.69) is 20.8 Å². The number of hydrogen-bond acceptors (Lipinski definition) is 2. The fourth-order valence-electron chi connectivity index (χ4n) is 3.07. The molecule has 0 aromatic rings. The molecule has 17 heavy (non-hydrogen) atoms. The van der Waals surface area contributed by atoms with Gasteiger partial charge in [0, 0.05) is 17.9 Å². The van der Waals surface area contributed by atoms with E-state index in [9.17, 15) is 0 Å². The van der Waals surface area contributed by atoms with E-state index in [1.54, 1.807) is 0 Å². The molecule has 2 aliphatic rings. The molecule has 0 aliphatic heterocycles. The molecule has 0 spiro atoms. The van der Waals surface area contributed by atoms with Crippen molar-refractivity contribution in [2.75, 3.05) is 6.61 Å². The molecule has 2 atom stereocenters. The van der Waals surface area contributed by atoms with Crippen molar-refractivity contribution in [3.05, 3.63) is 0 Å². The summed E-state index contributed by atoms with van der Waals surface area (Å²) in [5.74, 6) is 1.45. The van der Waals surface area contributed by atoms with Crippen LogP contribution in [0.4, 0.5) is 0 Å². The Bertz CT molecular complexity index is 293. The average Bonchev–Trinajstić information content (AvgIpc) is 2.81. The summed E-state index contributed by atoms with van der Waals surface area (Å²) in [5.41, 5.74) is 6.29. The van der Waals surface area contributed by atoms with Gasteiger partial charge in [-0.25, -0.2) is 0 Å². The van der Waals surface area contributed by atoms with E-state index in [-0.39, 0.29) is 5.41 Å². The summed E-state index contributed by atoms with van der Waals surface area (Å²) in [4.78, 5) is 4.76. The minimum Gasteiger partial charge on any atom is -0.387 e. The topological polar surface area (TPSA) is 47.6 Å². The van der Waals surface area contributed by atoms with Crippen LogP contribution < -0.4 is 5.73 Å². The quantitative estimate of drug-likeness (QED) is 0.604. The van der Waals surface area contributed by atoms with Crippen LogP contribution in [0.2, 0.25) is 0 Å². The molecule has 3 heteroatoms. The summed E-state index contributed by atoms with van der Waals surface area (Å²) in [7, 11) is 0. The van der Waals surface area contributed by atoms with Gasteiger partial charge in [-0.3, -0.25) is 4.99 Å². The lowest BCUT2D eigenvalue weighted by molar-refractivity contribution is -0.103. The lowest BCUT2D eigenvalue weighted by Crippen LogP contribution is -2.54. The molecule has 2 saturated carbocycles. The van der Waals surface area contributed by atoms with Gasteiger partial charge in [0.1, 0.15) is 0 Å². The highest BCUT2D eigenvalue weighted by Gasteiger charge is 2.49. The monoisotopic (exact) mass is 238 g/mol. The molecule has 0 aromatic heterocycles. The summed E-state index contributed by atoms with van der Waals surface area (Å²) >= 11 is 0. The van der Waals surface area contributed by atoms with E-state index in [1.165, 1.54) is 25.7 Å². The zero-order chi connectivity index (χ0) is 12.5. The van der Waals surface area contributed by atoms with Crippen LogP contribution in [0.5, 0.6) is 0 Å². The van der Waals surface area contributed by atoms with Crippen molar-refractivity contribution in [2.45, 2.75) is 65.0 Å². The van der Waals surface area contributed by atoms with E-state index in [0.29, 0.717) is 18.1 Å². The van der Waals surface area contributed by atoms with Gasteiger partial charge in [-0.05, 0) is 26.2 Å². The van der Waals surface area contributed by atoms with Crippen molar-refractivity contribution in [3.8, 4) is 0 Å². The van der Waals surface area contributed by atoms with Crippen LogP contribution in [0, 0.1) is 11.3 Å². The lowest BCUT2D eigenvalue weighted by atomic mass is 9.64. The summed E-state index contributed by atoms with van der Waals surface area (Å²) < 4.78 is 5.72. The molecular formula is C14H26N2O. The van der Waals surface area contributed by atoms with Crippen LogP contribution in [0.15, 0.2) is 4.99 Å². The van der Waals surface area contributed by atoms with Crippen LogP contribution in [0.1, 0.15) is 52.9 Å². The fraction of sp³-hybridized carbons (Fsp3) is 0.929. The maximum absolute atomic E-state index is 6.14. The highest BCUT2D eigenvalue weighted by Crippen LogP contribution is 2.45. The van der Waals surface area contributed by atoms with Gasteiger partial charge in [0.05, 0.1) is 18.0 Å². The Morgan fingerprint density at radius 3 is 2.53 bits per heavy atom. The SMILES string of the molecule is CCOC1CC(N=C(N)C2CCCC2)C1(C)C. The molecule has 0 saturated heterocycles. The van der Waals surface area contributed by atoms with Gasteiger partial charge in [0.2, 0.25) is 0 Å². The van der Waals surface area contributed by atoms with Crippen LogP contribution >= 0.6 is 0 Å². The van der Waals surface area contributed by atoms with Gasteiger partial charge in [-0.2, -0.15) is 0 Å². The summed E-state index contributed by atoms with van der Waals surface area (Å²) in [6.45, 7) is 7.34. The molecule has 0 heterocycles. The first-order valence-corrected chi connectivity index (χ1v) is 7.00. The second kappa shape index (κ2) is 4.97. The number of nitrogens with two attached hydrogens (primary N) is 1. The highest BCUT2D eigenvalue weighted by atomic mass is 16.5. The zero-order valence-electron chi connectivity index (χ0n) is 11.4. The maximum atomic E-state index is 6.14. The number of nitrogens with zero attached hydrogens (tertiary/aromatic N) is 1. The third kappa shape index (κ3) is 2.49. The molecule has 2 rings (SSSR count). The number of rotatable bonds is 4. The predicted molar refractivity (Wildman–Crippen MR) is 71.2 cm³/mol. The van der Waals surface area contributed by atoms with Crippen molar-refractivity contribution in [1.29, 1.82) is 0 Å². The number of amidine groups is 1. The Hall–Kier alpha value is -0.570. The van der Waals surface area contributed by atoms with Crippen LogP contribution in [-0.2, 0) is 4.74 Å². The maximum Gasteiger partial charge on any atom is 0.0972 e.